The molecule has 0 spiro atoms. The summed E-state index contributed by atoms with van der Waals surface area (Å²) in [6.45, 7) is 0.568. The highest BCUT2D eigenvalue weighted by Crippen LogP contribution is 2.46. The summed E-state index contributed by atoms with van der Waals surface area (Å²) in [5.74, 6) is -0.985. The van der Waals surface area contributed by atoms with Gasteiger partial charge in [0.25, 0.3) is 0 Å². The molecule has 2 rings (SSSR count). The van der Waals surface area contributed by atoms with Crippen LogP contribution >= 0.6 is 0 Å². The number of rotatable bonds is 3. The molecule has 0 aromatic heterocycles. The van der Waals surface area contributed by atoms with E-state index in [0.717, 1.165) is 37.3 Å². The Morgan fingerprint density at radius 1 is 1.13 bits per heavy atom. The second-order valence-electron chi connectivity index (χ2n) is 4.33. The van der Waals surface area contributed by atoms with E-state index < -0.39 is 11.6 Å². The smallest absolute Gasteiger partial charge is 0.126 e. The third kappa shape index (κ3) is 1.88. The lowest BCUT2D eigenvalue weighted by Gasteiger charge is -2.42. The van der Waals surface area contributed by atoms with Crippen molar-refractivity contribution in [3.8, 4) is 0 Å². The predicted octanol–water partition coefficient (Wildman–Crippen LogP) is 2.74. The number of benzene rings is 1. The molecule has 0 radical (unpaired) electrons. The molecule has 0 saturated heterocycles. The van der Waals surface area contributed by atoms with E-state index in [-0.39, 0.29) is 5.41 Å². The predicted molar refractivity (Wildman–Crippen MR) is 55.6 cm³/mol. The molecule has 0 bridgehead atoms. The molecule has 0 amide bonds. The van der Waals surface area contributed by atoms with Crippen molar-refractivity contribution < 1.29 is 8.78 Å². The molecule has 15 heavy (non-hydrogen) atoms. The summed E-state index contributed by atoms with van der Waals surface area (Å²) >= 11 is 0. The molecule has 1 aliphatic rings. The number of nitrogens with two attached hydrogens (primary N) is 1. The zero-order valence-electron chi connectivity index (χ0n) is 8.60. The van der Waals surface area contributed by atoms with Crippen molar-refractivity contribution in [3.05, 3.63) is 35.4 Å². The maximum Gasteiger partial charge on any atom is 0.126 e. The Morgan fingerprint density at radius 3 is 2.13 bits per heavy atom. The Balaban J connectivity index is 2.34. The standard InChI is InChI=1S/C12H15F2N/c13-10-6-9(7-11(14)8-10)12(4-5-15)2-1-3-12/h6-8H,1-5,15H2. The molecule has 0 atom stereocenters. The summed E-state index contributed by atoms with van der Waals surface area (Å²) in [4.78, 5) is 0. The number of hydrogen-bond acceptors (Lipinski definition) is 1. The van der Waals surface area contributed by atoms with Crippen LogP contribution in [0.5, 0.6) is 0 Å². The van der Waals surface area contributed by atoms with Crippen LogP contribution in [-0.2, 0) is 5.41 Å². The van der Waals surface area contributed by atoms with Crippen LogP contribution in [0.3, 0.4) is 0 Å². The lowest BCUT2D eigenvalue weighted by Crippen LogP contribution is -2.36. The summed E-state index contributed by atoms with van der Waals surface area (Å²) in [6, 6.07) is 3.80. The van der Waals surface area contributed by atoms with Crippen LogP contribution in [-0.4, -0.2) is 6.54 Å². The van der Waals surface area contributed by atoms with E-state index in [4.69, 9.17) is 5.73 Å². The van der Waals surface area contributed by atoms with Gasteiger partial charge in [0, 0.05) is 6.07 Å². The highest BCUT2D eigenvalue weighted by atomic mass is 19.1. The molecule has 2 N–H and O–H groups in total. The van der Waals surface area contributed by atoms with Gasteiger partial charge in [0.1, 0.15) is 11.6 Å². The molecule has 1 aliphatic carbocycles. The summed E-state index contributed by atoms with van der Waals surface area (Å²) in [7, 11) is 0. The third-order valence-electron chi connectivity index (χ3n) is 3.41. The van der Waals surface area contributed by atoms with Gasteiger partial charge in [0.2, 0.25) is 0 Å². The molecule has 3 heteroatoms. The fourth-order valence-corrected chi connectivity index (χ4v) is 2.42. The van der Waals surface area contributed by atoms with Crippen LogP contribution in [0.25, 0.3) is 0 Å². The number of halogens is 2. The minimum atomic E-state index is -0.492. The van der Waals surface area contributed by atoms with Crippen molar-refractivity contribution in [3.63, 3.8) is 0 Å². The van der Waals surface area contributed by atoms with Gasteiger partial charge in [-0.1, -0.05) is 6.42 Å². The SMILES string of the molecule is NCCC1(c2cc(F)cc(F)c2)CCC1. The normalized spacial score (nSPS) is 18.6. The fourth-order valence-electron chi connectivity index (χ4n) is 2.42. The first-order valence-corrected chi connectivity index (χ1v) is 5.33. The van der Waals surface area contributed by atoms with Crippen LogP contribution < -0.4 is 5.73 Å². The summed E-state index contributed by atoms with van der Waals surface area (Å²) < 4.78 is 26.2. The van der Waals surface area contributed by atoms with Crippen molar-refractivity contribution >= 4 is 0 Å². The lowest BCUT2D eigenvalue weighted by molar-refractivity contribution is 0.228. The maximum absolute atomic E-state index is 13.1. The van der Waals surface area contributed by atoms with Crippen LogP contribution in [0.4, 0.5) is 8.78 Å². The van der Waals surface area contributed by atoms with Crippen LogP contribution in [0.1, 0.15) is 31.2 Å². The van der Waals surface area contributed by atoms with Crippen molar-refractivity contribution in [2.75, 3.05) is 6.54 Å². The zero-order valence-corrected chi connectivity index (χ0v) is 8.60. The zero-order chi connectivity index (χ0) is 10.9. The second kappa shape index (κ2) is 3.89. The van der Waals surface area contributed by atoms with Crippen molar-refractivity contribution in [2.45, 2.75) is 31.1 Å². The molecule has 0 unspecified atom stereocenters. The average molecular weight is 211 g/mol. The highest BCUT2D eigenvalue weighted by Gasteiger charge is 2.38. The largest absolute Gasteiger partial charge is 0.330 e. The Kier molecular flexibility index (Phi) is 2.74. The van der Waals surface area contributed by atoms with Crippen molar-refractivity contribution in [1.82, 2.24) is 0 Å². The molecular weight excluding hydrogens is 196 g/mol. The maximum atomic E-state index is 13.1. The monoisotopic (exact) mass is 211 g/mol. The lowest BCUT2D eigenvalue weighted by atomic mass is 9.62. The highest BCUT2D eigenvalue weighted by molar-refractivity contribution is 5.29. The summed E-state index contributed by atoms with van der Waals surface area (Å²) in [6.07, 6.45) is 3.92. The first-order valence-electron chi connectivity index (χ1n) is 5.33. The molecule has 82 valence electrons. The van der Waals surface area contributed by atoms with Gasteiger partial charge >= 0.3 is 0 Å². The first kappa shape index (κ1) is 10.6. The van der Waals surface area contributed by atoms with E-state index in [9.17, 15) is 8.78 Å². The van der Waals surface area contributed by atoms with Gasteiger partial charge in [0.15, 0.2) is 0 Å². The second-order valence-corrected chi connectivity index (χ2v) is 4.33. The Bertz CT molecular complexity index is 338. The van der Waals surface area contributed by atoms with E-state index in [2.05, 4.69) is 0 Å². The average Bonchev–Trinajstić information content (AvgIpc) is 2.09. The molecule has 1 saturated carbocycles. The summed E-state index contributed by atoms with van der Waals surface area (Å²) in [5.41, 5.74) is 6.27. The molecule has 1 fully saturated rings. The van der Waals surface area contributed by atoms with E-state index >= 15 is 0 Å². The minimum Gasteiger partial charge on any atom is -0.330 e. The Hall–Kier alpha value is -0.960. The molecule has 0 aliphatic heterocycles. The van der Waals surface area contributed by atoms with E-state index in [1.165, 1.54) is 12.1 Å². The van der Waals surface area contributed by atoms with Crippen LogP contribution in [0, 0.1) is 11.6 Å². The fraction of sp³-hybridized carbons (Fsp3) is 0.500. The van der Waals surface area contributed by atoms with E-state index in [1.807, 2.05) is 0 Å². The molecular formula is C12H15F2N. The van der Waals surface area contributed by atoms with Crippen LogP contribution in [0.15, 0.2) is 18.2 Å². The van der Waals surface area contributed by atoms with Crippen LogP contribution in [0.2, 0.25) is 0 Å². The van der Waals surface area contributed by atoms with Gasteiger partial charge in [-0.25, -0.2) is 8.78 Å². The molecule has 1 aromatic carbocycles. The topological polar surface area (TPSA) is 26.0 Å². The molecule has 0 heterocycles. The van der Waals surface area contributed by atoms with Gasteiger partial charge in [0.05, 0.1) is 0 Å². The van der Waals surface area contributed by atoms with Gasteiger partial charge < -0.3 is 5.73 Å². The number of hydrogen-bond donors (Lipinski definition) is 1. The Labute approximate surface area is 88.3 Å². The van der Waals surface area contributed by atoms with Gasteiger partial charge in [-0.2, -0.15) is 0 Å². The van der Waals surface area contributed by atoms with E-state index in [1.54, 1.807) is 0 Å². The van der Waals surface area contributed by atoms with Gasteiger partial charge in [-0.05, 0) is 48.9 Å². The van der Waals surface area contributed by atoms with Gasteiger partial charge in [-0.15, -0.1) is 0 Å². The van der Waals surface area contributed by atoms with Crippen molar-refractivity contribution in [2.24, 2.45) is 5.73 Å². The van der Waals surface area contributed by atoms with Gasteiger partial charge in [-0.3, -0.25) is 0 Å². The quantitative estimate of drug-likeness (QED) is 0.817. The third-order valence-corrected chi connectivity index (χ3v) is 3.41. The Morgan fingerprint density at radius 2 is 1.73 bits per heavy atom. The molecule has 1 nitrogen and oxygen atoms in total. The minimum absolute atomic E-state index is 0.0578. The molecule has 1 aromatic rings. The van der Waals surface area contributed by atoms with Crippen molar-refractivity contribution in [1.29, 1.82) is 0 Å². The summed E-state index contributed by atoms with van der Waals surface area (Å²) in [5, 5.41) is 0. The first-order chi connectivity index (χ1) is 7.16. The van der Waals surface area contributed by atoms with E-state index in [0.29, 0.717) is 6.54 Å².